The van der Waals surface area contributed by atoms with E-state index in [-0.39, 0.29) is 18.0 Å². The molecule has 3 nitrogen and oxygen atoms in total. The third-order valence-corrected chi connectivity index (χ3v) is 3.39. The molecule has 0 radical (unpaired) electrons. The maximum absolute atomic E-state index is 12.5. The highest BCUT2D eigenvalue weighted by atomic mass is 35.5. The first-order chi connectivity index (χ1) is 9.47. The highest BCUT2D eigenvalue weighted by Gasteiger charge is 2.30. The van der Waals surface area contributed by atoms with Gasteiger partial charge in [-0.15, -0.1) is 12.4 Å². The van der Waals surface area contributed by atoms with Gasteiger partial charge in [0.05, 0.1) is 5.56 Å². The second kappa shape index (κ2) is 7.66. The minimum Gasteiger partial charge on any atom is -0.352 e. The summed E-state index contributed by atoms with van der Waals surface area (Å²) in [4.78, 5) is 11.8. The molecule has 0 unspecified atom stereocenters. The normalized spacial score (nSPS) is 18.1. The maximum atomic E-state index is 12.5. The fraction of sp³-hybridized carbons (Fsp3) is 0.500. The Morgan fingerprint density at radius 2 is 2.14 bits per heavy atom. The Morgan fingerprint density at radius 3 is 2.76 bits per heavy atom. The molecule has 1 aliphatic heterocycles. The van der Waals surface area contributed by atoms with Crippen molar-refractivity contribution in [2.45, 2.75) is 31.5 Å². The summed E-state index contributed by atoms with van der Waals surface area (Å²) in [5.74, 6) is -0.464. The zero-order chi connectivity index (χ0) is 14.6. The third kappa shape index (κ3) is 5.21. The van der Waals surface area contributed by atoms with Crippen LogP contribution in [-0.4, -0.2) is 25.0 Å². The standard InChI is InChI=1S/C14H17F3N2O.ClH/c15-14(16,17)11-4-1-3-10(9-11)13(20)19-8-6-12-5-2-7-18-12;/h1,3-4,9,12,18H,2,5-8H2,(H,19,20);1H/t12-;/m1./s1. The Balaban J connectivity index is 0.00000220. The summed E-state index contributed by atoms with van der Waals surface area (Å²) in [6.45, 7) is 1.46. The molecule has 0 bridgehead atoms. The van der Waals surface area contributed by atoms with Gasteiger partial charge in [0.15, 0.2) is 0 Å². The summed E-state index contributed by atoms with van der Waals surface area (Å²) in [5, 5.41) is 5.96. The summed E-state index contributed by atoms with van der Waals surface area (Å²) < 4.78 is 37.6. The van der Waals surface area contributed by atoms with Crippen LogP contribution in [0.5, 0.6) is 0 Å². The number of nitrogens with one attached hydrogen (secondary N) is 2. The molecule has 0 saturated carbocycles. The van der Waals surface area contributed by atoms with E-state index < -0.39 is 17.6 Å². The topological polar surface area (TPSA) is 41.1 Å². The van der Waals surface area contributed by atoms with E-state index in [1.165, 1.54) is 12.1 Å². The molecule has 7 heteroatoms. The van der Waals surface area contributed by atoms with Gasteiger partial charge in [0.1, 0.15) is 0 Å². The van der Waals surface area contributed by atoms with E-state index in [4.69, 9.17) is 0 Å². The van der Waals surface area contributed by atoms with Gasteiger partial charge in [-0.3, -0.25) is 4.79 Å². The van der Waals surface area contributed by atoms with Crippen molar-refractivity contribution >= 4 is 18.3 Å². The van der Waals surface area contributed by atoms with Gasteiger partial charge in [0, 0.05) is 18.2 Å². The number of alkyl halides is 3. The van der Waals surface area contributed by atoms with Crippen molar-refractivity contribution in [2.75, 3.05) is 13.1 Å². The van der Waals surface area contributed by atoms with Gasteiger partial charge < -0.3 is 10.6 Å². The molecule has 1 amide bonds. The molecule has 1 aromatic carbocycles. The minimum absolute atomic E-state index is 0. The first-order valence-electron chi connectivity index (χ1n) is 6.65. The van der Waals surface area contributed by atoms with Crippen LogP contribution in [-0.2, 0) is 6.18 Å². The van der Waals surface area contributed by atoms with Crippen molar-refractivity contribution in [3.63, 3.8) is 0 Å². The molecule has 1 atom stereocenters. The highest BCUT2D eigenvalue weighted by Crippen LogP contribution is 2.29. The Hall–Kier alpha value is -1.27. The first kappa shape index (κ1) is 17.8. The molecule has 1 heterocycles. The summed E-state index contributed by atoms with van der Waals surface area (Å²) in [5.41, 5.74) is -0.762. The molecule has 21 heavy (non-hydrogen) atoms. The fourth-order valence-electron chi connectivity index (χ4n) is 2.30. The summed E-state index contributed by atoms with van der Waals surface area (Å²) in [7, 11) is 0. The monoisotopic (exact) mass is 322 g/mol. The lowest BCUT2D eigenvalue weighted by atomic mass is 10.1. The van der Waals surface area contributed by atoms with E-state index in [2.05, 4.69) is 10.6 Å². The minimum atomic E-state index is -4.43. The molecule has 1 saturated heterocycles. The second-order valence-corrected chi connectivity index (χ2v) is 4.92. The molecule has 0 spiro atoms. The summed E-state index contributed by atoms with van der Waals surface area (Å²) in [6.07, 6.45) is -1.42. The van der Waals surface area contributed by atoms with E-state index in [1.54, 1.807) is 0 Å². The van der Waals surface area contributed by atoms with E-state index in [1.807, 2.05) is 0 Å². The van der Waals surface area contributed by atoms with Gasteiger partial charge in [-0.1, -0.05) is 6.07 Å². The van der Waals surface area contributed by atoms with Crippen molar-refractivity contribution in [2.24, 2.45) is 0 Å². The van der Waals surface area contributed by atoms with Gasteiger partial charge in [-0.05, 0) is 44.0 Å². The molecule has 0 aliphatic carbocycles. The SMILES string of the molecule is Cl.O=C(NCC[C@H]1CCCN1)c1cccc(C(F)(F)F)c1. The van der Waals surface area contributed by atoms with Gasteiger partial charge >= 0.3 is 6.18 Å². The number of halogens is 4. The van der Waals surface area contributed by atoms with Gasteiger partial charge in [0.25, 0.3) is 5.91 Å². The molecule has 1 aliphatic rings. The Kier molecular flexibility index (Phi) is 6.48. The number of hydrogen-bond donors (Lipinski definition) is 2. The highest BCUT2D eigenvalue weighted by molar-refractivity contribution is 5.94. The van der Waals surface area contributed by atoms with Crippen LogP contribution in [0.3, 0.4) is 0 Å². The third-order valence-electron chi connectivity index (χ3n) is 3.39. The maximum Gasteiger partial charge on any atom is 0.416 e. The van der Waals surface area contributed by atoms with E-state index in [0.717, 1.165) is 37.9 Å². The lowest BCUT2D eigenvalue weighted by molar-refractivity contribution is -0.137. The number of carbonyl (C=O) groups is 1. The smallest absolute Gasteiger partial charge is 0.352 e. The van der Waals surface area contributed by atoms with Crippen LogP contribution in [0.15, 0.2) is 24.3 Å². The van der Waals surface area contributed by atoms with Crippen LogP contribution < -0.4 is 10.6 Å². The van der Waals surface area contributed by atoms with Crippen molar-refractivity contribution in [1.29, 1.82) is 0 Å². The zero-order valence-electron chi connectivity index (χ0n) is 11.4. The van der Waals surface area contributed by atoms with E-state index in [9.17, 15) is 18.0 Å². The summed E-state index contributed by atoms with van der Waals surface area (Å²) >= 11 is 0. The molecule has 2 N–H and O–H groups in total. The van der Waals surface area contributed by atoms with Crippen LogP contribution >= 0.6 is 12.4 Å². The van der Waals surface area contributed by atoms with Crippen LogP contribution in [0.4, 0.5) is 13.2 Å². The van der Waals surface area contributed by atoms with Gasteiger partial charge in [-0.25, -0.2) is 0 Å². The number of hydrogen-bond acceptors (Lipinski definition) is 2. The molecular weight excluding hydrogens is 305 g/mol. The Bertz CT molecular complexity index is 474. The van der Waals surface area contributed by atoms with Crippen molar-refractivity contribution in [1.82, 2.24) is 10.6 Å². The van der Waals surface area contributed by atoms with Gasteiger partial charge in [-0.2, -0.15) is 13.2 Å². The molecule has 0 aromatic heterocycles. The van der Waals surface area contributed by atoms with Crippen LogP contribution in [0.1, 0.15) is 35.2 Å². The number of carbonyl (C=O) groups excluding carboxylic acids is 1. The largest absolute Gasteiger partial charge is 0.416 e. The first-order valence-corrected chi connectivity index (χ1v) is 6.65. The van der Waals surface area contributed by atoms with Crippen LogP contribution in [0, 0.1) is 0 Å². The Morgan fingerprint density at radius 1 is 1.38 bits per heavy atom. The fourth-order valence-corrected chi connectivity index (χ4v) is 2.30. The number of amides is 1. The molecule has 2 rings (SSSR count). The van der Waals surface area contributed by atoms with E-state index >= 15 is 0 Å². The van der Waals surface area contributed by atoms with Gasteiger partial charge in [0.2, 0.25) is 0 Å². The number of rotatable bonds is 4. The van der Waals surface area contributed by atoms with Crippen LogP contribution in [0.2, 0.25) is 0 Å². The Labute approximate surface area is 127 Å². The lowest BCUT2D eigenvalue weighted by Gasteiger charge is -2.12. The predicted octanol–water partition coefficient (Wildman–Crippen LogP) is 3.00. The lowest BCUT2D eigenvalue weighted by Crippen LogP contribution is -2.30. The summed E-state index contributed by atoms with van der Waals surface area (Å²) in [6, 6.07) is 4.87. The predicted molar refractivity (Wildman–Crippen MR) is 76.7 cm³/mol. The molecule has 118 valence electrons. The molecular formula is C14H18ClF3N2O. The molecule has 1 aromatic rings. The van der Waals surface area contributed by atoms with Crippen LogP contribution in [0.25, 0.3) is 0 Å². The van der Waals surface area contributed by atoms with Crippen molar-refractivity contribution in [3.05, 3.63) is 35.4 Å². The quantitative estimate of drug-likeness (QED) is 0.894. The average molecular weight is 323 g/mol. The van der Waals surface area contributed by atoms with Crippen molar-refractivity contribution < 1.29 is 18.0 Å². The average Bonchev–Trinajstić information content (AvgIpc) is 2.91. The molecule has 1 fully saturated rings. The van der Waals surface area contributed by atoms with Crippen molar-refractivity contribution in [3.8, 4) is 0 Å². The second-order valence-electron chi connectivity index (χ2n) is 4.92. The van der Waals surface area contributed by atoms with E-state index in [0.29, 0.717) is 12.6 Å². The number of benzene rings is 1. The zero-order valence-corrected chi connectivity index (χ0v) is 12.2.